The average Bonchev–Trinajstić information content (AvgIpc) is 3.19. The number of aromatic amines is 1. The van der Waals surface area contributed by atoms with Gasteiger partial charge in [-0.15, -0.1) is 0 Å². The molecule has 0 aliphatic rings. The van der Waals surface area contributed by atoms with E-state index >= 15 is 0 Å². The van der Waals surface area contributed by atoms with Crippen LogP contribution in [0.2, 0.25) is 0 Å². The molecule has 2 rings (SSSR count). The van der Waals surface area contributed by atoms with Gasteiger partial charge < -0.3 is 36.9 Å². The van der Waals surface area contributed by atoms with Crippen molar-refractivity contribution in [1.29, 1.82) is 0 Å². The molecular formula is C21H27N5O7S. The van der Waals surface area contributed by atoms with Crippen LogP contribution in [0.25, 0.3) is 10.9 Å². The molecule has 1 heterocycles. The molecule has 8 N–H and O–H groups in total. The van der Waals surface area contributed by atoms with Crippen LogP contribution in [-0.2, 0) is 30.4 Å². The molecule has 13 heteroatoms. The number of carboxylic acid groups (broad SMARTS) is 2. The van der Waals surface area contributed by atoms with E-state index in [1.165, 1.54) is 6.92 Å². The minimum absolute atomic E-state index is 0.0478. The molecule has 0 bridgehead atoms. The smallest absolute Gasteiger partial charge is 0.326 e. The van der Waals surface area contributed by atoms with Gasteiger partial charge in [0.05, 0.1) is 12.5 Å². The number of carbonyl (C=O) groups is 5. The molecule has 1 aromatic carbocycles. The van der Waals surface area contributed by atoms with Gasteiger partial charge in [-0.2, -0.15) is 12.6 Å². The highest BCUT2D eigenvalue weighted by Gasteiger charge is 2.29. The standard InChI is InChI=1S/C21H27N5O7S/c1-10(18(29)26-16(21(32)33)7-17(27)28)24-20(31)15(25-19(30)13(22)9-34)6-11-8-23-14-5-3-2-4-12(11)14/h2-5,8,10,13,15-16,23,34H,6-7,9,22H2,1H3,(H,24,31)(H,25,30)(H,26,29)(H,27,28)(H,32,33). The van der Waals surface area contributed by atoms with Crippen LogP contribution in [0, 0.1) is 0 Å². The fraction of sp³-hybridized carbons (Fsp3) is 0.381. The van der Waals surface area contributed by atoms with Crippen LogP contribution < -0.4 is 21.7 Å². The first kappa shape index (κ1) is 26.7. The number of amides is 3. The monoisotopic (exact) mass is 493 g/mol. The highest BCUT2D eigenvalue weighted by molar-refractivity contribution is 7.80. The van der Waals surface area contributed by atoms with Crippen LogP contribution in [0.1, 0.15) is 18.9 Å². The molecule has 4 unspecified atom stereocenters. The van der Waals surface area contributed by atoms with Crippen LogP contribution in [0.15, 0.2) is 30.5 Å². The van der Waals surface area contributed by atoms with Crippen LogP contribution >= 0.6 is 12.6 Å². The summed E-state index contributed by atoms with van der Waals surface area (Å²) in [6.07, 6.45) is 0.948. The summed E-state index contributed by atoms with van der Waals surface area (Å²) < 4.78 is 0. The Kier molecular flexibility index (Phi) is 9.45. The van der Waals surface area contributed by atoms with Gasteiger partial charge in [0.1, 0.15) is 18.1 Å². The van der Waals surface area contributed by atoms with Gasteiger partial charge in [-0.1, -0.05) is 18.2 Å². The number of nitrogens with one attached hydrogen (secondary N) is 4. The molecule has 4 atom stereocenters. The van der Waals surface area contributed by atoms with Gasteiger partial charge in [0.2, 0.25) is 17.7 Å². The quantitative estimate of drug-likeness (QED) is 0.172. The number of aliphatic carboxylic acids is 2. The number of H-pyrrole nitrogens is 1. The van der Waals surface area contributed by atoms with Crippen molar-refractivity contribution in [2.75, 3.05) is 5.75 Å². The van der Waals surface area contributed by atoms with Gasteiger partial charge in [-0.05, 0) is 18.6 Å². The number of fused-ring (bicyclic) bond motifs is 1. The molecule has 0 aliphatic heterocycles. The first-order valence-corrected chi connectivity index (χ1v) is 10.9. The van der Waals surface area contributed by atoms with Crippen molar-refractivity contribution < 1.29 is 34.2 Å². The number of benzene rings is 1. The lowest BCUT2D eigenvalue weighted by molar-refractivity contribution is -0.147. The highest BCUT2D eigenvalue weighted by atomic mass is 32.1. The average molecular weight is 494 g/mol. The third-order valence-corrected chi connectivity index (χ3v) is 5.40. The number of hydrogen-bond donors (Lipinski definition) is 8. The second-order valence-electron chi connectivity index (χ2n) is 7.64. The highest BCUT2D eigenvalue weighted by Crippen LogP contribution is 2.19. The maximum Gasteiger partial charge on any atom is 0.326 e. The number of nitrogens with two attached hydrogens (primary N) is 1. The van der Waals surface area contributed by atoms with Gasteiger partial charge in [-0.3, -0.25) is 19.2 Å². The summed E-state index contributed by atoms with van der Waals surface area (Å²) in [5.41, 5.74) is 7.28. The van der Waals surface area contributed by atoms with Crippen LogP contribution in [0.5, 0.6) is 0 Å². The molecule has 0 aliphatic carbocycles. The minimum Gasteiger partial charge on any atom is -0.481 e. The Balaban J connectivity index is 2.16. The normalized spacial score (nSPS) is 14.4. The van der Waals surface area contributed by atoms with Crippen molar-refractivity contribution in [2.45, 2.75) is 43.9 Å². The summed E-state index contributed by atoms with van der Waals surface area (Å²) >= 11 is 3.99. The lowest BCUT2D eigenvalue weighted by Gasteiger charge is -2.23. The number of thiol groups is 1. The Morgan fingerprint density at radius 3 is 2.26 bits per heavy atom. The number of hydrogen-bond acceptors (Lipinski definition) is 7. The lowest BCUT2D eigenvalue weighted by atomic mass is 10.0. The number of aromatic nitrogens is 1. The van der Waals surface area contributed by atoms with Crippen molar-refractivity contribution in [3.63, 3.8) is 0 Å². The number of carboxylic acids is 2. The molecule has 34 heavy (non-hydrogen) atoms. The molecule has 0 radical (unpaired) electrons. The Labute approximate surface area is 200 Å². The first-order chi connectivity index (χ1) is 16.0. The summed E-state index contributed by atoms with van der Waals surface area (Å²) in [4.78, 5) is 62.8. The van der Waals surface area contributed by atoms with Gasteiger partial charge in [0.25, 0.3) is 0 Å². The van der Waals surface area contributed by atoms with E-state index in [9.17, 15) is 24.0 Å². The maximum atomic E-state index is 13.0. The fourth-order valence-corrected chi connectivity index (χ4v) is 3.31. The predicted octanol–water partition coefficient (Wildman–Crippen LogP) is -0.999. The zero-order valence-electron chi connectivity index (χ0n) is 18.3. The van der Waals surface area contributed by atoms with Crippen LogP contribution in [-0.4, -0.2) is 74.8 Å². The zero-order valence-corrected chi connectivity index (χ0v) is 19.2. The summed E-state index contributed by atoms with van der Waals surface area (Å²) in [5.74, 6) is -5.11. The van der Waals surface area contributed by atoms with Crippen molar-refractivity contribution in [3.05, 3.63) is 36.0 Å². The fourth-order valence-electron chi connectivity index (χ4n) is 3.14. The van der Waals surface area contributed by atoms with E-state index in [4.69, 9.17) is 15.9 Å². The summed E-state index contributed by atoms with van der Waals surface area (Å²) in [5, 5.41) is 25.8. The Hall–Kier alpha value is -3.58. The van der Waals surface area contributed by atoms with E-state index in [1.807, 2.05) is 24.3 Å². The Bertz CT molecular complexity index is 1070. The molecule has 2 aromatic rings. The van der Waals surface area contributed by atoms with Gasteiger partial charge in [0.15, 0.2) is 0 Å². The predicted molar refractivity (Wildman–Crippen MR) is 125 cm³/mol. The number of carbonyl (C=O) groups excluding carboxylic acids is 3. The zero-order chi connectivity index (χ0) is 25.4. The van der Waals surface area contributed by atoms with Crippen molar-refractivity contribution in [3.8, 4) is 0 Å². The van der Waals surface area contributed by atoms with Crippen molar-refractivity contribution >= 4 is 53.2 Å². The van der Waals surface area contributed by atoms with E-state index in [-0.39, 0.29) is 12.2 Å². The van der Waals surface area contributed by atoms with Crippen LogP contribution in [0.4, 0.5) is 0 Å². The second kappa shape index (κ2) is 12.0. The minimum atomic E-state index is -1.67. The van der Waals surface area contributed by atoms with Crippen molar-refractivity contribution in [1.82, 2.24) is 20.9 Å². The molecule has 0 saturated heterocycles. The lowest BCUT2D eigenvalue weighted by Crippen LogP contribution is -2.57. The molecule has 3 amide bonds. The summed E-state index contributed by atoms with van der Waals surface area (Å²) in [6, 6.07) is 2.41. The molecular weight excluding hydrogens is 466 g/mol. The van der Waals surface area contributed by atoms with E-state index in [0.717, 1.165) is 16.5 Å². The van der Waals surface area contributed by atoms with E-state index in [1.54, 1.807) is 6.20 Å². The SMILES string of the molecule is CC(NC(=O)C(Cc1c[nH]c2ccccc12)NC(=O)C(N)CS)C(=O)NC(CC(=O)O)C(=O)O. The van der Waals surface area contributed by atoms with E-state index in [2.05, 4.69) is 33.6 Å². The topological polar surface area (TPSA) is 204 Å². The third kappa shape index (κ3) is 7.22. The van der Waals surface area contributed by atoms with Gasteiger partial charge >= 0.3 is 11.9 Å². The van der Waals surface area contributed by atoms with Gasteiger partial charge in [0, 0.05) is 29.3 Å². The van der Waals surface area contributed by atoms with Crippen molar-refractivity contribution in [2.24, 2.45) is 5.73 Å². The summed E-state index contributed by atoms with van der Waals surface area (Å²) in [6.45, 7) is 1.30. The summed E-state index contributed by atoms with van der Waals surface area (Å²) in [7, 11) is 0. The molecule has 0 saturated carbocycles. The molecule has 0 fully saturated rings. The number of para-hydroxylation sites is 1. The first-order valence-electron chi connectivity index (χ1n) is 10.3. The third-order valence-electron chi connectivity index (χ3n) is 5.01. The number of rotatable bonds is 12. The second-order valence-corrected chi connectivity index (χ2v) is 8.01. The van der Waals surface area contributed by atoms with Gasteiger partial charge in [-0.25, -0.2) is 4.79 Å². The molecule has 1 aromatic heterocycles. The Morgan fingerprint density at radius 1 is 1.00 bits per heavy atom. The molecule has 184 valence electrons. The van der Waals surface area contributed by atoms with E-state index < -0.39 is 60.2 Å². The Morgan fingerprint density at radius 2 is 1.65 bits per heavy atom. The molecule has 12 nitrogen and oxygen atoms in total. The van der Waals surface area contributed by atoms with Crippen LogP contribution in [0.3, 0.4) is 0 Å². The molecule has 0 spiro atoms. The van der Waals surface area contributed by atoms with E-state index in [0.29, 0.717) is 0 Å². The maximum absolute atomic E-state index is 13.0. The largest absolute Gasteiger partial charge is 0.481 e.